The van der Waals surface area contributed by atoms with Crippen molar-refractivity contribution in [3.05, 3.63) is 85.1 Å². The Morgan fingerprint density at radius 2 is 0.651 bits per heavy atom. The number of allylic oxidation sites excluding steroid dienone is 14. The minimum atomic E-state index is -0.793. The molecule has 0 rings (SSSR count). The second-order valence-electron chi connectivity index (χ2n) is 17.2. The van der Waals surface area contributed by atoms with Crippen molar-refractivity contribution in [2.45, 2.75) is 245 Å². The van der Waals surface area contributed by atoms with Gasteiger partial charge in [0.15, 0.2) is 6.10 Å². The molecule has 0 bridgehead atoms. The van der Waals surface area contributed by atoms with Crippen LogP contribution in [-0.4, -0.2) is 37.2 Å². The molecule has 0 heterocycles. The second kappa shape index (κ2) is 51.2. The summed E-state index contributed by atoms with van der Waals surface area (Å²) in [5.41, 5.74) is 0. The summed E-state index contributed by atoms with van der Waals surface area (Å²) in [5.74, 6) is -0.928. The standard InChI is InChI=1S/C57H96O6/c1-4-7-10-13-16-19-22-24-26-27-28-29-31-32-35-38-41-44-47-50-56(59)62-53-54(52-61-55(58)49-46-43-40-37-34-21-18-15-12-9-6-3)63-57(60)51-48-45-42-39-36-33-30-25-23-20-17-14-11-8-5-2/h8,11,14-20,22-25,30,54H,4-7,9-10,12-13,21,26-29,31-53H2,1-3H3/b11-8-,17-14-,18-15-,19-16-,23-20-,24-22-,30-25-. The molecule has 0 saturated heterocycles. The van der Waals surface area contributed by atoms with Crippen LogP contribution in [-0.2, 0) is 28.6 Å². The molecule has 0 saturated carbocycles. The van der Waals surface area contributed by atoms with Crippen molar-refractivity contribution in [2.24, 2.45) is 0 Å². The molecule has 63 heavy (non-hydrogen) atoms. The Bertz CT molecular complexity index is 1240. The van der Waals surface area contributed by atoms with Gasteiger partial charge in [-0.15, -0.1) is 0 Å². The van der Waals surface area contributed by atoms with Crippen molar-refractivity contribution in [3.8, 4) is 0 Å². The second-order valence-corrected chi connectivity index (χ2v) is 17.2. The zero-order valence-electron chi connectivity index (χ0n) is 41.1. The molecule has 0 fully saturated rings. The van der Waals surface area contributed by atoms with Gasteiger partial charge in [0, 0.05) is 19.3 Å². The molecule has 0 N–H and O–H groups in total. The van der Waals surface area contributed by atoms with Crippen molar-refractivity contribution in [2.75, 3.05) is 13.2 Å². The van der Waals surface area contributed by atoms with E-state index in [0.29, 0.717) is 19.3 Å². The molecule has 0 aliphatic rings. The molecule has 360 valence electrons. The van der Waals surface area contributed by atoms with Crippen LogP contribution in [0.3, 0.4) is 0 Å². The van der Waals surface area contributed by atoms with Crippen LogP contribution in [0.15, 0.2) is 85.1 Å². The summed E-state index contributed by atoms with van der Waals surface area (Å²) in [6.45, 7) is 6.40. The predicted molar refractivity (Wildman–Crippen MR) is 270 cm³/mol. The van der Waals surface area contributed by atoms with Gasteiger partial charge < -0.3 is 14.2 Å². The molecule has 1 unspecified atom stereocenters. The Morgan fingerprint density at radius 1 is 0.333 bits per heavy atom. The number of hydrogen-bond acceptors (Lipinski definition) is 6. The van der Waals surface area contributed by atoms with Crippen LogP contribution < -0.4 is 0 Å². The summed E-state index contributed by atoms with van der Waals surface area (Å²) in [7, 11) is 0. The van der Waals surface area contributed by atoms with E-state index >= 15 is 0 Å². The lowest BCUT2D eigenvalue weighted by Crippen LogP contribution is -2.30. The van der Waals surface area contributed by atoms with Gasteiger partial charge in [0.1, 0.15) is 13.2 Å². The summed E-state index contributed by atoms with van der Waals surface area (Å²) in [5, 5.41) is 0. The van der Waals surface area contributed by atoms with E-state index in [1.807, 2.05) is 18.2 Å². The Labute approximate surface area is 388 Å². The van der Waals surface area contributed by atoms with E-state index in [1.54, 1.807) is 0 Å². The summed E-state index contributed by atoms with van der Waals surface area (Å²) < 4.78 is 16.8. The molecule has 1 atom stereocenters. The first kappa shape index (κ1) is 59.6. The van der Waals surface area contributed by atoms with Gasteiger partial charge in [-0.3, -0.25) is 14.4 Å². The molecule has 0 aromatic rings. The monoisotopic (exact) mass is 877 g/mol. The average Bonchev–Trinajstić information content (AvgIpc) is 3.28. The lowest BCUT2D eigenvalue weighted by Gasteiger charge is -2.18. The van der Waals surface area contributed by atoms with Crippen molar-refractivity contribution in [1.29, 1.82) is 0 Å². The Hall–Kier alpha value is -3.41. The first-order valence-electron chi connectivity index (χ1n) is 26.2. The smallest absolute Gasteiger partial charge is 0.306 e. The molecule has 0 spiro atoms. The molecular weight excluding hydrogens is 781 g/mol. The number of ether oxygens (including phenoxy) is 3. The van der Waals surface area contributed by atoms with E-state index in [2.05, 4.69) is 87.6 Å². The largest absolute Gasteiger partial charge is 0.462 e. The van der Waals surface area contributed by atoms with Crippen LogP contribution in [0.25, 0.3) is 0 Å². The molecular formula is C57H96O6. The Morgan fingerprint density at radius 3 is 1.08 bits per heavy atom. The maximum absolute atomic E-state index is 12.8. The molecule has 0 aliphatic carbocycles. The van der Waals surface area contributed by atoms with Crippen molar-refractivity contribution in [1.82, 2.24) is 0 Å². The maximum atomic E-state index is 12.8. The van der Waals surface area contributed by atoms with E-state index in [9.17, 15) is 14.4 Å². The molecule has 6 nitrogen and oxygen atoms in total. The zero-order valence-corrected chi connectivity index (χ0v) is 41.1. The van der Waals surface area contributed by atoms with E-state index in [4.69, 9.17) is 14.2 Å². The number of carbonyl (C=O) groups is 3. The molecule has 0 aromatic carbocycles. The summed E-state index contributed by atoms with van der Waals surface area (Å²) in [4.78, 5) is 38.0. The normalized spacial score (nSPS) is 12.7. The summed E-state index contributed by atoms with van der Waals surface area (Å²) >= 11 is 0. The highest BCUT2D eigenvalue weighted by Crippen LogP contribution is 2.14. The van der Waals surface area contributed by atoms with Crippen LogP contribution in [0.5, 0.6) is 0 Å². The summed E-state index contributed by atoms with van der Waals surface area (Å²) in [6, 6.07) is 0. The fourth-order valence-corrected chi connectivity index (χ4v) is 7.01. The number of hydrogen-bond donors (Lipinski definition) is 0. The van der Waals surface area contributed by atoms with Crippen LogP contribution >= 0.6 is 0 Å². The first-order valence-corrected chi connectivity index (χ1v) is 26.2. The number of rotatable bonds is 46. The van der Waals surface area contributed by atoms with Crippen LogP contribution in [0.2, 0.25) is 0 Å². The van der Waals surface area contributed by atoms with Crippen LogP contribution in [0, 0.1) is 0 Å². The number of unbranched alkanes of at least 4 members (excludes halogenated alkanes) is 25. The van der Waals surface area contributed by atoms with Gasteiger partial charge in [-0.05, 0) is 83.5 Å². The quantitative estimate of drug-likeness (QED) is 0.0199. The van der Waals surface area contributed by atoms with E-state index in [-0.39, 0.29) is 31.1 Å². The van der Waals surface area contributed by atoms with Crippen molar-refractivity contribution >= 4 is 17.9 Å². The fraction of sp³-hybridized carbons (Fsp3) is 0.702. The average molecular weight is 877 g/mol. The third-order valence-electron chi connectivity index (χ3n) is 11.0. The van der Waals surface area contributed by atoms with Gasteiger partial charge >= 0.3 is 17.9 Å². The number of carbonyl (C=O) groups excluding carboxylic acids is 3. The molecule has 0 aromatic heterocycles. The Kier molecular flexibility index (Phi) is 48.5. The minimum absolute atomic E-state index is 0.0912. The third kappa shape index (κ3) is 49.5. The van der Waals surface area contributed by atoms with Crippen LogP contribution in [0.4, 0.5) is 0 Å². The Balaban J connectivity index is 4.39. The maximum Gasteiger partial charge on any atom is 0.306 e. The molecule has 6 heteroatoms. The highest BCUT2D eigenvalue weighted by molar-refractivity contribution is 5.71. The van der Waals surface area contributed by atoms with E-state index < -0.39 is 6.10 Å². The van der Waals surface area contributed by atoms with Crippen molar-refractivity contribution in [3.63, 3.8) is 0 Å². The predicted octanol–water partition coefficient (Wildman–Crippen LogP) is 17.2. The molecule has 0 radical (unpaired) electrons. The highest BCUT2D eigenvalue weighted by Gasteiger charge is 2.19. The van der Waals surface area contributed by atoms with Gasteiger partial charge in [-0.2, -0.15) is 0 Å². The molecule has 0 aliphatic heterocycles. The summed E-state index contributed by atoms with van der Waals surface area (Å²) in [6.07, 6.45) is 65.6. The number of esters is 3. The zero-order chi connectivity index (χ0) is 45.8. The van der Waals surface area contributed by atoms with Gasteiger partial charge in [0.2, 0.25) is 0 Å². The highest BCUT2D eigenvalue weighted by atomic mass is 16.6. The van der Waals surface area contributed by atoms with E-state index in [1.165, 1.54) is 109 Å². The topological polar surface area (TPSA) is 78.9 Å². The van der Waals surface area contributed by atoms with Gasteiger partial charge in [-0.1, -0.05) is 221 Å². The first-order chi connectivity index (χ1) is 31.0. The van der Waals surface area contributed by atoms with Crippen molar-refractivity contribution < 1.29 is 28.6 Å². The minimum Gasteiger partial charge on any atom is -0.462 e. The van der Waals surface area contributed by atoms with Crippen LogP contribution in [0.1, 0.15) is 239 Å². The third-order valence-corrected chi connectivity index (χ3v) is 11.0. The van der Waals surface area contributed by atoms with Gasteiger partial charge in [0.05, 0.1) is 0 Å². The fourth-order valence-electron chi connectivity index (χ4n) is 7.01. The van der Waals surface area contributed by atoms with Gasteiger partial charge in [-0.25, -0.2) is 0 Å². The lowest BCUT2D eigenvalue weighted by molar-refractivity contribution is -0.167. The molecule has 0 amide bonds. The van der Waals surface area contributed by atoms with Gasteiger partial charge in [0.25, 0.3) is 0 Å². The van der Waals surface area contributed by atoms with E-state index in [0.717, 1.165) is 89.9 Å². The SMILES string of the molecule is CC\C=C/C=C\C=C/C=C\CCCCCCCC(=O)OC(COC(=O)CCCCCCC/C=C\CCCC)COC(=O)CCCCCCCCCCCC/C=C\C=C/CCCCC. The lowest BCUT2D eigenvalue weighted by atomic mass is 10.1.